The molecule has 0 radical (unpaired) electrons. The monoisotopic (exact) mass is 195 g/mol. The summed E-state index contributed by atoms with van der Waals surface area (Å²) < 4.78 is 1.91. The van der Waals surface area contributed by atoms with E-state index in [0.717, 1.165) is 24.1 Å². The quantitative estimate of drug-likeness (QED) is 0.715. The van der Waals surface area contributed by atoms with Crippen LogP contribution >= 0.6 is 12.6 Å². The first-order valence-corrected chi connectivity index (χ1v) is 5.19. The van der Waals surface area contributed by atoms with Crippen molar-refractivity contribution in [3.05, 3.63) is 33.7 Å². The Bertz CT molecular complexity index is 379. The molecule has 1 heterocycles. The SMILES string of the molecule is Cc1ccc(CS)c(=O)n1C1CC1. The van der Waals surface area contributed by atoms with Gasteiger partial charge in [0.2, 0.25) is 0 Å². The molecule has 0 atom stereocenters. The van der Waals surface area contributed by atoms with Gasteiger partial charge in [0.15, 0.2) is 0 Å². The van der Waals surface area contributed by atoms with Gasteiger partial charge in [-0.1, -0.05) is 6.07 Å². The first kappa shape index (κ1) is 8.88. The highest BCUT2D eigenvalue weighted by atomic mass is 32.1. The third-order valence-corrected chi connectivity index (χ3v) is 2.82. The van der Waals surface area contributed by atoms with Gasteiger partial charge in [-0.25, -0.2) is 0 Å². The summed E-state index contributed by atoms with van der Waals surface area (Å²) in [6, 6.07) is 4.35. The lowest BCUT2D eigenvalue weighted by atomic mass is 10.2. The van der Waals surface area contributed by atoms with Crippen LogP contribution in [0.2, 0.25) is 0 Å². The van der Waals surface area contributed by atoms with E-state index in [1.54, 1.807) is 0 Å². The number of nitrogens with zero attached hydrogens (tertiary/aromatic N) is 1. The molecule has 1 aromatic rings. The number of thiol groups is 1. The number of hydrogen-bond donors (Lipinski definition) is 1. The average molecular weight is 195 g/mol. The molecule has 1 aliphatic rings. The van der Waals surface area contributed by atoms with Crippen LogP contribution in [0.15, 0.2) is 16.9 Å². The summed E-state index contributed by atoms with van der Waals surface area (Å²) in [5.41, 5.74) is 2.02. The van der Waals surface area contributed by atoms with Crippen molar-refractivity contribution in [3.63, 3.8) is 0 Å². The highest BCUT2D eigenvalue weighted by molar-refractivity contribution is 7.79. The second kappa shape index (κ2) is 3.22. The van der Waals surface area contributed by atoms with E-state index >= 15 is 0 Å². The van der Waals surface area contributed by atoms with E-state index < -0.39 is 0 Å². The molecular weight excluding hydrogens is 182 g/mol. The second-order valence-electron chi connectivity index (χ2n) is 3.56. The van der Waals surface area contributed by atoms with Crippen molar-refractivity contribution in [1.29, 1.82) is 0 Å². The first-order valence-electron chi connectivity index (χ1n) is 4.56. The molecule has 0 amide bonds. The van der Waals surface area contributed by atoms with Crippen LogP contribution in [-0.4, -0.2) is 4.57 Å². The van der Waals surface area contributed by atoms with E-state index in [-0.39, 0.29) is 5.56 Å². The van der Waals surface area contributed by atoms with E-state index in [4.69, 9.17) is 0 Å². The van der Waals surface area contributed by atoms with Gasteiger partial charge in [0.1, 0.15) is 0 Å². The van der Waals surface area contributed by atoms with Gasteiger partial charge in [0, 0.05) is 23.1 Å². The molecule has 2 nitrogen and oxygen atoms in total. The van der Waals surface area contributed by atoms with E-state index in [0.29, 0.717) is 11.8 Å². The minimum Gasteiger partial charge on any atom is -0.310 e. The zero-order valence-corrected chi connectivity index (χ0v) is 8.55. The predicted octanol–water partition coefficient (Wildman–Crippen LogP) is 1.92. The van der Waals surface area contributed by atoms with E-state index in [9.17, 15) is 4.79 Å². The van der Waals surface area contributed by atoms with Crippen LogP contribution in [0.1, 0.15) is 30.1 Å². The number of pyridine rings is 1. The van der Waals surface area contributed by atoms with Gasteiger partial charge in [-0.05, 0) is 25.8 Å². The summed E-state index contributed by atoms with van der Waals surface area (Å²) in [5, 5.41) is 0. The zero-order chi connectivity index (χ0) is 9.42. The van der Waals surface area contributed by atoms with E-state index in [2.05, 4.69) is 12.6 Å². The molecule has 0 saturated heterocycles. The summed E-state index contributed by atoms with van der Waals surface area (Å²) in [5.74, 6) is 0.534. The maximum absolute atomic E-state index is 11.8. The summed E-state index contributed by atoms with van der Waals surface area (Å²) in [6.45, 7) is 1.99. The largest absolute Gasteiger partial charge is 0.310 e. The van der Waals surface area contributed by atoms with Gasteiger partial charge < -0.3 is 4.57 Å². The minimum absolute atomic E-state index is 0.150. The van der Waals surface area contributed by atoms with Crippen molar-refractivity contribution in [3.8, 4) is 0 Å². The fourth-order valence-corrected chi connectivity index (χ4v) is 1.84. The van der Waals surface area contributed by atoms with Crippen LogP contribution in [0, 0.1) is 6.92 Å². The number of hydrogen-bond acceptors (Lipinski definition) is 2. The number of rotatable bonds is 2. The van der Waals surface area contributed by atoms with Crippen molar-refractivity contribution >= 4 is 12.6 Å². The first-order chi connectivity index (χ1) is 6.24. The predicted molar refractivity (Wildman–Crippen MR) is 56.4 cm³/mol. The molecule has 2 rings (SSSR count). The molecule has 0 spiro atoms. The van der Waals surface area contributed by atoms with Crippen LogP contribution in [0.25, 0.3) is 0 Å². The Balaban J connectivity index is 2.57. The van der Waals surface area contributed by atoms with Crippen LogP contribution in [0.3, 0.4) is 0 Å². The van der Waals surface area contributed by atoms with Gasteiger partial charge in [-0.15, -0.1) is 0 Å². The van der Waals surface area contributed by atoms with Gasteiger partial charge >= 0.3 is 0 Å². The lowest BCUT2D eigenvalue weighted by Crippen LogP contribution is -2.23. The Morgan fingerprint density at radius 1 is 1.54 bits per heavy atom. The highest BCUT2D eigenvalue weighted by Gasteiger charge is 2.26. The maximum Gasteiger partial charge on any atom is 0.255 e. The molecule has 3 heteroatoms. The summed E-state index contributed by atoms with van der Waals surface area (Å²) in [7, 11) is 0. The van der Waals surface area contributed by atoms with Crippen molar-refractivity contribution in [2.45, 2.75) is 31.6 Å². The molecule has 70 valence electrons. The fraction of sp³-hybridized carbons (Fsp3) is 0.500. The molecule has 13 heavy (non-hydrogen) atoms. The van der Waals surface area contributed by atoms with Gasteiger partial charge in [-0.2, -0.15) is 12.6 Å². The molecular formula is C10H13NOS. The van der Waals surface area contributed by atoms with Gasteiger partial charge in [0.05, 0.1) is 0 Å². The third-order valence-electron chi connectivity index (χ3n) is 2.48. The molecule has 1 aromatic heterocycles. The van der Waals surface area contributed by atoms with Crippen LogP contribution in [0.5, 0.6) is 0 Å². The lowest BCUT2D eigenvalue weighted by molar-refractivity contribution is 0.676. The van der Waals surface area contributed by atoms with Gasteiger partial charge in [-0.3, -0.25) is 4.79 Å². The molecule has 1 aliphatic carbocycles. The van der Waals surface area contributed by atoms with E-state index in [1.807, 2.05) is 23.6 Å². The topological polar surface area (TPSA) is 22.0 Å². The molecule has 1 saturated carbocycles. The minimum atomic E-state index is 0.150. The maximum atomic E-state index is 11.8. The number of aryl methyl sites for hydroxylation is 1. The standard InChI is InChI=1S/C10H13NOS/c1-7-2-3-8(6-13)10(12)11(7)9-4-5-9/h2-3,9,13H,4-6H2,1H3. The lowest BCUT2D eigenvalue weighted by Gasteiger charge is -2.09. The molecule has 0 aromatic carbocycles. The van der Waals surface area contributed by atoms with Crippen LogP contribution in [-0.2, 0) is 5.75 Å². The molecule has 0 unspecified atom stereocenters. The fourth-order valence-electron chi connectivity index (χ4n) is 1.59. The smallest absolute Gasteiger partial charge is 0.255 e. The summed E-state index contributed by atoms with van der Waals surface area (Å²) >= 11 is 4.14. The summed E-state index contributed by atoms with van der Waals surface area (Å²) in [6.07, 6.45) is 2.30. The van der Waals surface area contributed by atoms with Crippen molar-refractivity contribution in [2.24, 2.45) is 0 Å². The average Bonchev–Trinajstić information content (AvgIpc) is 2.89. The second-order valence-corrected chi connectivity index (χ2v) is 3.88. The number of aromatic nitrogens is 1. The zero-order valence-electron chi connectivity index (χ0n) is 7.66. The molecule has 0 aliphatic heterocycles. The van der Waals surface area contributed by atoms with E-state index in [1.165, 1.54) is 0 Å². The normalized spacial score (nSPS) is 16.2. The Labute approximate surface area is 83.0 Å². The van der Waals surface area contributed by atoms with Crippen molar-refractivity contribution in [1.82, 2.24) is 4.57 Å². The van der Waals surface area contributed by atoms with Crippen molar-refractivity contribution in [2.75, 3.05) is 0 Å². The van der Waals surface area contributed by atoms with Crippen LogP contribution in [0.4, 0.5) is 0 Å². The summed E-state index contributed by atoms with van der Waals surface area (Å²) in [4.78, 5) is 11.8. The Morgan fingerprint density at radius 3 is 2.77 bits per heavy atom. The van der Waals surface area contributed by atoms with Gasteiger partial charge in [0.25, 0.3) is 5.56 Å². The molecule has 0 N–H and O–H groups in total. The van der Waals surface area contributed by atoms with Crippen molar-refractivity contribution < 1.29 is 0 Å². The van der Waals surface area contributed by atoms with Crippen LogP contribution < -0.4 is 5.56 Å². The molecule has 1 fully saturated rings. The molecule has 0 bridgehead atoms. The highest BCUT2D eigenvalue weighted by Crippen LogP contribution is 2.34. The Morgan fingerprint density at radius 2 is 2.23 bits per heavy atom. The Hall–Kier alpha value is -0.700. The third kappa shape index (κ3) is 1.53. The Kier molecular flexibility index (Phi) is 2.20.